The number of benzene rings is 1. The zero-order chi connectivity index (χ0) is 14.7. The molecule has 0 aromatic heterocycles. The van der Waals surface area contributed by atoms with Crippen LogP contribution >= 0.6 is 0 Å². The van der Waals surface area contributed by atoms with E-state index in [-0.39, 0.29) is 5.54 Å². The Morgan fingerprint density at radius 3 is 2.86 bits per heavy atom. The summed E-state index contributed by atoms with van der Waals surface area (Å²) in [5.41, 5.74) is 4.46. The molecule has 0 radical (unpaired) electrons. The predicted octanol–water partition coefficient (Wildman–Crippen LogP) is 2.61. The predicted molar refractivity (Wildman–Crippen MR) is 82.3 cm³/mol. The standard InChI is InChI=1S/C18H21NO3/c1-20-14-3-2-13-5-7-19-6-4-12-8-16-17(22-11-21-16)9-15(12)18(13,19)10-14/h2,8-9,14H,3-7,10-11H2,1H3/t14-,18+/m1/s1. The second-order valence-electron chi connectivity index (χ2n) is 6.74. The summed E-state index contributed by atoms with van der Waals surface area (Å²) in [6.45, 7) is 2.63. The molecule has 1 spiro atoms. The molecule has 1 fully saturated rings. The molecule has 0 unspecified atom stereocenters. The lowest BCUT2D eigenvalue weighted by Crippen LogP contribution is -2.50. The summed E-state index contributed by atoms with van der Waals surface area (Å²) < 4.78 is 17.0. The first-order valence-corrected chi connectivity index (χ1v) is 8.21. The summed E-state index contributed by atoms with van der Waals surface area (Å²) in [7, 11) is 1.84. The fourth-order valence-electron chi connectivity index (χ4n) is 4.84. The van der Waals surface area contributed by atoms with Gasteiger partial charge in [-0.05, 0) is 48.1 Å². The maximum absolute atomic E-state index is 5.72. The van der Waals surface area contributed by atoms with Crippen LogP contribution in [0.15, 0.2) is 23.8 Å². The Bertz CT molecular complexity index is 669. The minimum absolute atomic E-state index is 0.0352. The largest absolute Gasteiger partial charge is 0.454 e. The van der Waals surface area contributed by atoms with E-state index in [1.54, 1.807) is 5.57 Å². The second kappa shape index (κ2) is 4.49. The van der Waals surface area contributed by atoms with Crippen molar-refractivity contribution in [2.75, 3.05) is 27.0 Å². The van der Waals surface area contributed by atoms with E-state index in [1.165, 1.54) is 17.5 Å². The van der Waals surface area contributed by atoms with Gasteiger partial charge in [0.25, 0.3) is 0 Å². The van der Waals surface area contributed by atoms with Crippen molar-refractivity contribution in [3.63, 3.8) is 0 Å². The summed E-state index contributed by atoms with van der Waals surface area (Å²) in [4.78, 5) is 2.66. The lowest BCUT2D eigenvalue weighted by molar-refractivity contribution is 0.0290. The van der Waals surface area contributed by atoms with Crippen molar-refractivity contribution in [3.8, 4) is 11.5 Å². The molecule has 1 saturated heterocycles. The molecule has 1 aliphatic carbocycles. The molecule has 3 aliphatic heterocycles. The van der Waals surface area contributed by atoms with Gasteiger partial charge < -0.3 is 14.2 Å². The fraction of sp³-hybridized carbons (Fsp3) is 0.556. The first-order chi connectivity index (χ1) is 10.8. The van der Waals surface area contributed by atoms with Crippen LogP contribution in [0.1, 0.15) is 30.4 Å². The Morgan fingerprint density at radius 1 is 1.18 bits per heavy atom. The van der Waals surface area contributed by atoms with Gasteiger partial charge in [-0.2, -0.15) is 0 Å². The summed E-state index contributed by atoms with van der Waals surface area (Å²) in [5.74, 6) is 1.81. The Labute approximate surface area is 130 Å². The van der Waals surface area contributed by atoms with Gasteiger partial charge in [0.15, 0.2) is 11.5 Å². The lowest BCUT2D eigenvalue weighted by atomic mass is 9.71. The minimum Gasteiger partial charge on any atom is -0.454 e. The maximum atomic E-state index is 5.72. The maximum Gasteiger partial charge on any atom is 0.231 e. The van der Waals surface area contributed by atoms with Crippen LogP contribution in [0.3, 0.4) is 0 Å². The zero-order valence-corrected chi connectivity index (χ0v) is 12.9. The van der Waals surface area contributed by atoms with Crippen molar-refractivity contribution in [3.05, 3.63) is 34.9 Å². The van der Waals surface area contributed by atoms with Gasteiger partial charge in [0.2, 0.25) is 6.79 Å². The number of hydrogen-bond donors (Lipinski definition) is 0. The molecule has 0 saturated carbocycles. The number of hydrogen-bond acceptors (Lipinski definition) is 4. The average molecular weight is 299 g/mol. The quantitative estimate of drug-likeness (QED) is 0.746. The van der Waals surface area contributed by atoms with Crippen molar-refractivity contribution in [2.24, 2.45) is 0 Å². The zero-order valence-electron chi connectivity index (χ0n) is 12.9. The van der Waals surface area contributed by atoms with E-state index in [9.17, 15) is 0 Å². The van der Waals surface area contributed by atoms with Gasteiger partial charge in [-0.3, -0.25) is 4.90 Å². The lowest BCUT2D eigenvalue weighted by Gasteiger charge is -2.48. The molecule has 4 heteroatoms. The van der Waals surface area contributed by atoms with Crippen LogP contribution in [0.25, 0.3) is 0 Å². The van der Waals surface area contributed by atoms with Crippen LogP contribution in [0.2, 0.25) is 0 Å². The van der Waals surface area contributed by atoms with Gasteiger partial charge in [-0.25, -0.2) is 0 Å². The molecule has 0 bridgehead atoms. The van der Waals surface area contributed by atoms with Crippen LogP contribution in [0, 0.1) is 0 Å². The minimum atomic E-state index is 0.0352. The number of ether oxygens (including phenoxy) is 3. The molecule has 5 rings (SSSR count). The van der Waals surface area contributed by atoms with Gasteiger partial charge in [-0.15, -0.1) is 0 Å². The third-order valence-corrected chi connectivity index (χ3v) is 5.90. The van der Waals surface area contributed by atoms with E-state index in [0.717, 1.165) is 43.9 Å². The van der Waals surface area contributed by atoms with Crippen molar-refractivity contribution in [1.82, 2.24) is 4.90 Å². The summed E-state index contributed by atoms with van der Waals surface area (Å²) in [6.07, 6.45) is 7.12. The van der Waals surface area contributed by atoms with Gasteiger partial charge in [0.05, 0.1) is 11.6 Å². The van der Waals surface area contributed by atoms with Crippen molar-refractivity contribution in [2.45, 2.75) is 37.3 Å². The molecule has 4 nitrogen and oxygen atoms in total. The Balaban J connectivity index is 1.71. The number of fused-ring (bicyclic) bond motifs is 2. The average Bonchev–Trinajstić information content (AvgIpc) is 3.16. The number of nitrogens with zero attached hydrogens (tertiary/aromatic N) is 1. The van der Waals surface area contributed by atoms with Crippen LogP contribution in [-0.2, 0) is 16.7 Å². The molecule has 22 heavy (non-hydrogen) atoms. The first-order valence-electron chi connectivity index (χ1n) is 8.21. The monoisotopic (exact) mass is 299 g/mol. The Kier molecular flexibility index (Phi) is 2.65. The third kappa shape index (κ3) is 1.54. The summed E-state index contributed by atoms with van der Waals surface area (Å²) in [5, 5.41) is 0. The van der Waals surface area contributed by atoms with E-state index in [2.05, 4.69) is 23.1 Å². The first kappa shape index (κ1) is 13.0. The fourth-order valence-corrected chi connectivity index (χ4v) is 4.84. The third-order valence-electron chi connectivity index (χ3n) is 5.90. The molecule has 1 aromatic carbocycles. The van der Waals surface area contributed by atoms with Crippen molar-refractivity contribution < 1.29 is 14.2 Å². The highest BCUT2D eigenvalue weighted by atomic mass is 16.7. The van der Waals surface area contributed by atoms with Crippen LogP contribution in [0.4, 0.5) is 0 Å². The van der Waals surface area contributed by atoms with Crippen molar-refractivity contribution in [1.29, 1.82) is 0 Å². The molecule has 3 heterocycles. The van der Waals surface area contributed by atoms with E-state index in [4.69, 9.17) is 14.2 Å². The smallest absolute Gasteiger partial charge is 0.231 e. The molecular formula is C18H21NO3. The van der Waals surface area contributed by atoms with Gasteiger partial charge in [0.1, 0.15) is 0 Å². The molecule has 4 aliphatic rings. The summed E-state index contributed by atoms with van der Waals surface area (Å²) >= 11 is 0. The van der Waals surface area contributed by atoms with E-state index < -0.39 is 0 Å². The number of rotatable bonds is 1. The topological polar surface area (TPSA) is 30.9 Å². The van der Waals surface area contributed by atoms with Crippen LogP contribution in [0.5, 0.6) is 11.5 Å². The highest BCUT2D eigenvalue weighted by molar-refractivity contribution is 5.56. The SMILES string of the molecule is CO[C@@H]1CC=C2CCN3CCc4cc5c(cc4[C@]23C1)OCO5. The van der Waals surface area contributed by atoms with E-state index in [0.29, 0.717) is 12.9 Å². The highest BCUT2D eigenvalue weighted by Gasteiger charge is 2.52. The van der Waals surface area contributed by atoms with Gasteiger partial charge >= 0.3 is 0 Å². The Morgan fingerprint density at radius 2 is 2.00 bits per heavy atom. The molecule has 0 amide bonds. The van der Waals surface area contributed by atoms with Gasteiger partial charge in [0, 0.05) is 26.6 Å². The van der Waals surface area contributed by atoms with Crippen LogP contribution < -0.4 is 9.47 Å². The van der Waals surface area contributed by atoms with Crippen LogP contribution in [-0.4, -0.2) is 38.0 Å². The van der Waals surface area contributed by atoms with E-state index >= 15 is 0 Å². The second-order valence-corrected chi connectivity index (χ2v) is 6.74. The number of methoxy groups -OCH3 is 1. The highest BCUT2D eigenvalue weighted by Crippen LogP contribution is 2.54. The van der Waals surface area contributed by atoms with Gasteiger partial charge in [-0.1, -0.05) is 6.08 Å². The normalized spacial score (nSPS) is 32.2. The molecule has 2 atom stereocenters. The molecule has 0 N–H and O–H groups in total. The molecule has 1 aromatic rings. The van der Waals surface area contributed by atoms with Crippen molar-refractivity contribution >= 4 is 0 Å². The summed E-state index contributed by atoms with van der Waals surface area (Å²) in [6, 6.07) is 4.44. The van der Waals surface area contributed by atoms with E-state index in [1.807, 2.05) is 7.11 Å². The molecular weight excluding hydrogens is 278 g/mol. The molecule has 116 valence electrons. The Hall–Kier alpha value is -1.52.